The second-order valence-electron chi connectivity index (χ2n) is 5.15. The quantitative estimate of drug-likeness (QED) is 0.629. The maximum absolute atomic E-state index is 11.9. The standard InChI is InChI=1S/C18H19NO5/c1-12-6-8-13(9-7-12)24-11-10-16(20)19-15-5-3-4-14(17(15)21)18(22)23-2/h3-9,21H,10-11H2,1-2H3,(H,19,20). The first-order valence-electron chi connectivity index (χ1n) is 7.41. The Morgan fingerprint density at radius 1 is 1.12 bits per heavy atom. The van der Waals surface area contributed by atoms with Gasteiger partial charge >= 0.3 is 5.97 Å². The van der Waals surface area contributed by atoms with Crippen molar-refractivity contribution in [2.75, 3.05) is 19.0 Å². The number of anilines is 1. The van der Waals surface area contributed by atoms with Crippen LogP contribution >= 0.6 is 0 Å². The van der Waals surface area contributed by atoms with Gasteiger partial charge < -0.3 is 19.9 Å². The fourth-order valence-electron chi connectivity index (χ4n) is 2.03. The van der Waals surface area contributed by atoms with Gasteiger partial charge in [-0.25, -0.2) is 4.79 Å². The molecule has 24 heavy (non-hydrogen) atoms. The SMILES string of the molecule is COC(=O)c1cccc(NC(=O)CCOc2ccc(C)cc2)c1O. The molecule has 0 aliphatic rings. The molecule has 1 amide bonds. The number of esters is 1. The Labute approximate surface area is 140 Å². The topological polar surface area (TPSA) is 84.9 Å². The zero-order chi connectivity index (χ0) is 17.5. The summed E-state index contributed by atoms with van der Waals surface area (Å²) in [4.78, 5) is 23.5. The van der Waals surface area contributed by atoms with Crippen molar-refractivity contribution in [1.29, 1.82) is 0 Å². The molecule has 2 aromatic rings. The Balaban J connectivity index is 1.90. The molecule has 2 aromatic carbocycles. The largest absolute Gasteiger partial charge is 0.505 e. The van der Waals surface area contributed by atoms with E-state index in [-0.39, 0.29) is 35.9 Å². The van der Waals surface area contributed by atoms with Gasteiger partial charge in [0, 0.05) is 0 Å². The molecule has 6 heteroatoms. The smallest absolute Gasteiger partial charge is 0.341 e. The summed E-state index contributed by atoms with van der Waals surface area (Å²) in [6.45, 7) is 2.18. The van der Waals surface area contributed by atoms with Crippen LogP contribution in [0.4, 0.5) is 5.69 Å². The summed E-state index contributed by atoms with van der Waals surface area (Å²) in [5.41, 5.74) is 1.27. The Kier molecular flexibility index (Phi) is 5.78. The van der Waals surface area contributed by atoms with Crippen LogP contribution in [0.5, 0.6) is 11.5 Å². The average molecular weight is 329 g/mol. The van der Waals surface area contributed by atoms with Gasteiger partial charge in [0.2, 0.25) is 5.91 Å². The maximum Gasteiger partial charge on any atom is 0.341 e. The number of benzene rings is 2. The van der Waals surface area contributed by atoms with E-state index in [9.17, 15) is 14.7 Å². The van der Waals surface area contributed by atoms with Crippen molar-refractivity contribution in [2.45, 2.75) is 13.3 Å². The van der Waals surface area contributed by atoms with Gasteiger partial charge in [-0.05, 0) is 31.2 Å². The van der Waals surface area contributed by atoms with Gasteiger partial charge in [-0.15, -0.1) is 0 Å². The Hall–Kier alpha value is -3.02. The van der Waals surface area contributed by atoms with Crippen molar-refractivity contribution in [3.8, 4) is 11.5 Å². The lowest BCUT2D eigenvalue weighted by Crippen LogP contribution is -2.16. The monoisotopic (exact) mass is 329 g/mol. The number of aromatic hydroxyl groups is 1. The van der Waals surface area contributed by atoms with Crippen LogP contribution in [0.3, 0.4) is 0 Å². The van der Waals surface area contributed by atoms with Gasteiger partial charge in [0.1, 0.15) is 11.3 Å². The summed E-state index contributed by atoms with van der Waals surface area (Å²) >= 11 is 0. The van der Waals surface area contributed by atoms with Crippen LogP contribution < -0.4 is 10.1 Å². The van der Waals surface area contributed by atoms with E-state index in [1.165, 1.54) is 19.2 Å². The lowest BCUT2D eigenvalue weighted by atomic mass is 10.1. The van der Waals surface area contributed by atoms with E-state index >= 15 is 0 Å². The van der Waals surface area contributed by atoms with E-state index in [1.54, 1.807) is 6.07 Å². The first-order chi connectivity index (χ1) is 11.5. The van der Waals surface area contributed by atoms with E-state index < -0.39 is 5.97 Å². The molecule has 0 fully saturated rings. The third kappa shape index (κ3) is 4.49. The number of aryl methyl sites for hydroxylation is 1. The summed E-state index contributed by atoms with van der Waals surface area (Å²) in [6.07, 6.45) is 0.107. The number of ether oxygens (including phenoxy) is 2. The number of hydrogen-bond acceptors (Lipinski definition) is 5. The van der Waals surface area contributed by atoms with E-state index in [1.807, 2.05) is 31.2 Å². The van der Waals surface area contributed by atoms with Crippen LogP contribution in [-0.4, -0.2) is 30.7 Å². The number of para-hydroxylation sites is 1. The third-order valence-electron chi connectivity index (χ3n) is 3.33. The Morgan fingerprint density at radius 2 is 1.83 bits per heavy atom. The summed E-state index contributed by atoms with van der Waals surface area (Å²) in [6, 6.07) is 12.0. The second kappa shape index (κ2) is 8.01. The van der Waals surface area contributed by atoms with E-state index in [4.69, 9.17) is 4.74 Å². The highest BCUT2D eigenvalue weighted by Crippen LogP contribution is 2.28. The van der Waals surface area contributed by atoms with E-state index in [0.717, 1.165) is 5.56 Å². The first-order valence-corrected chi connectivity index (χ1v) is 7.41. The number of rotatable bonds is 6. The van der Waals surface area contributed by atoms with Gasteiger partial charge in [-0.2, -0.15) is 0 Å². The number of carbonyl (C=O) groups is 2. The minimum atomic E-state index is -0.675. The van der Waals surface area contributed by atoms with Crippen LogP contribution in [-0.2, 0) is 9.53 Å². The number of amides is 1. The summed E-state index contributed by atoms with van der Waals surface area (Å²) in [5, 5.41) is 12.6. The first kappa shape index (κ1) is 17.3. The molecule has 126 valence electrons. The van der Waals surface area contributed by atoms with E-state index in [2.05, 4.69) is 10.1 Å². The van der Waals surface area contributed by atoms with Crippen molar-refractivity contribution >= 4 is 17.6 Å². The van der Waals surface area contributed by atoms with Crippen molar-refractivity contribution < 1.29 is 24.2 Å². The van der Waals surface area contributed by atoms with Crippen LogP contribution in [0, 0.1) is 6.92 Å². The molecular weight excluding hydrogens is 310 g/mol. The molecule has 2 rings (SSSR count). The number of nitrogens with one attached hydrogen (secondary N) is 1. The maximum atomic E-state index is 11.9. The van der Waals surface area contributed by atoms with Crippen LogP contribution in [0.1, 0.15) is 22.3 Å². The molecular formula is C18H19NO5. The molecule has 0 spiro atoms. The predicted molar refractivity (Wildman–Crippen MR) is 89.4 cm³/mol. The molecule has 0 saturated carbocycles. The molecule has 0 heterocycles. The minimum absolute atomic E-state index is 0.00814. The molecule has 0 aliphatic carbocycles. The van der Waals surface area contributed by atoms with Crippen molar-refractivity contribution in [3.05, 3.63) is 53.6 Å². The zero-order valence-corrected chi connectivity index (χ0v) is 13.5. The van der Waals surface area contributed by atoms with Gasteiger partial charge in [0.05, 0.1) is 25.8 Å². The van der Waals surface area contributed by atoms with E-state index in [0.29, 0.717) is 5.75 Å². The summed E-state index contributed by atoms with van der Waals surface area (Å²) in [7, 11) is 1.22. The highest BCUT2D eigenvalue weighted by molar-refractivity contribution is 5.98. The zero-order valence-electron chi connectivity index (χ0n) is 13.5. The van der Waals surface area contributed by atoms with Crippen LogP contribution in [0.15, 0.2) is 42.5 Å². The van der Waals surface area contributed by atoms with Crippen molar-refractivity contribution in [1.82, 2.24) is 0 Å². The molecule has 0 aromatic heterocycles. The number of phenolic OH excluding ortho intramolecular Hbond substituents is 1. The van der Waals surface area contributed by atoms with Gasteiger partial charge in [-0.3, -0.25) is 4.79 Å². The molecule has 0 bridgehead atoms. The lowest BCUT2D eigenvalue weighted by Gasteiger charge is -2.10. The third-order valence-corrected chi connectivity index (χ3v) is 3.33. The van der Waals surface area contributed by atoms with Crippen LogP contribution in [0.2, 0.25) is 0 Å². The number of methoxy groups -OCH3 is 1. The van der Waals surface area contributed by atoms with Crippen molar-refractivity contribution in [2.24, 2.45) is 0 Å². The molecule has 0 saturated heterocycles. The normalized spacial score (nSPS) is 10.1. The second-order valence-corrected chi connectivity index (χ2v) is 5.15. The molecule has 2 N–H and O–H groups in total. The lowest BCUT2D eigenvalue weighted by molar-refractivity contribution is -0.116. The van der Waals surface area contributed by atoms with Crippen LogP contribution in [0.25, 0.3) is 0 Å². The highest BCUT2D eigenvalue weighted by atomic mass is 16.5. The van der Waals surface area contributed by atoms with Gasteiger partial charge in [-0.1, -0.05) is 23.8 Å². The molecule has 0 unspecified atom stereocenters. The number of phenols is 1. The Morgan fingerprint density at radius 3 is 2.50 bits per heavy atom. The minimum Gasteiger partial charge on any atom is -0.505 e. The molecule has 0 aliphatic heterocycles. The summed E-state index contributed by atoms with van der Waals surface area (Å²) in [5.74, 6) is -0.646. The summed E-state index contributed by atoms with van der Waals surface area (Å²) < 4.78 is 10.0. The molecule has 6 nitrogen and oxygen atoms in total. The fourth-order valence-corrected chi connectivity index (χ4v) is 2.03. The van der Waals surface area contributed by atoms with Crippen molar-refractivity contribution in [3.63, 3.8) is 0 Å². The number of carbonyl (C=O) groups excluding carboxylic acids is 2. The highest BCUT2D eigenvalue weighted by Gasteiger charge is 2.15. The Bertz CT molecular complexity index is 725. The molecule has 0 atom stereocenters. The predicted octanol–water partition coefficient (Wildman–Crippen LogP) is 2.89. The van der Waals surface area contributed by atoms with Gasteiger partial charge in [0.25, 0.3) is 0 Å². The fraction of sp³-hybridized carbons (Fsp3) is 0.222. The molecule has 0 radical (unpaired) electrons. The average Bonchev–Trinajstić information content (AvgIpc) is 2.58. The van der Waals surface area contributed by atoms with Gasteiger partial charge in [0.15, 0.2) is 5.75 Å². The number of hydrogen-bond donors (Lipinski definition) is 2.